The number of nitrogens with zero attached hydrogens (tertiary/aromatic N) is 1. The molecule has 0 N–H and O–H groups in total. The summed E-state index contributed by atoms with van der Waals surface area (Å²) in [7, 11) is 3.77. The molecule has 1 aliphatic rings. The van der Waals surface area contributed by atoms with Gasteiger partial charge in [-0.05, 0) is 41.8 Å². The lowest BCUT2D eigenvalue weighted by Gasteiger charge is -2.08. The van der Waals surface area contributed by atoms with Gasteiger partial charge in [0.1, 0.15) is 12.8 Å². The predicted molar refractivity (Wildman–Crippen MR) is 92.8 cm³/mol. The maximum Gasteiger partial charge on any atom is 0.231 e. The van der Waals surface area contributed by atoms with Crippen LogP contribution in [0.5, 0.6) is 17.2 Å². The molecule has 0 spiro atoms. The molecule has 0 amide bonds. The summed E-state index contributed by atoms with van der Waals surface area (Å²) in [5.74, 6) is 2.49. The van der Waals surface area contributed by atoms with Gasteiger partial charge in [0.15, 0.2) is 17.7 Å². The molecule has 3 aromatic carbocycles. The molecule has 2 heterocycles. The van der Waals surface area contributed by atoms with Crippen LogP contribution >= 0.6 is 0 Å². The van der Waals surface area contributed by atoms with Crippen LogP contribution in [0, 0.1) is 0 Å². The maximum absolute atomic E-state index is 5.56. The monoisotopic (exact) mass is 318 g/mol. The second kappa shape index (κ2) is 4.74. The Bertz CT molecular complexity index is 1130. The highest BCUT2D eigenvalue weighted by Crippen LogP contribution is 2.39. The molecular formula is C20H16NO3+. The fourth-order valence-corrected chi connectivity index (χ4v) is 3.59. The minimum absolute atomic E-state index is 0.290. The van der Waals surface area contributed by atoms with E-state index in [4.69, 9.17) is 14.2 Å². The lowest BCUT2D eigenvalue weighted by molar-refractivity contribution is -0.642. The summed E-state index contributed by atoms with van der Waals surface area (Å²) >= 11 is 0. The van der Waals surface area contributed by atoms with Crippen LogP contribution < -0.4 is 18.8 Å². The minimum atomic E-state index is 0.290. The molecule has 0 bridgehead atoms. The molecular weight excluding hydrogens is 302 g/mol. The molecule has 1 aromatic heterocycles. The average molecular weight is 318 g/mol. The van der Waals surface area contributed by atoms with E-state index >= 15 is 0 Å². The van der Waals surface area contributed by atoms with Gasteiger partial charge in [-0.3, -0.25) is 0 Å². The Morgan fingerprint density at radius 2 is 1.67 bits per heavy atom. The van der Waals surface area contributed by atoms with Crippen molar-refractivity contribution in [2.24, 2.45) is 7.05 Å². The molecule has 0 saturated carbocycles. The second-order valence-electron chi connectivity index (χ2n) is 6.08. The molecule has 0 saturated heterocycles. The zero-order valence-electron chi connectivity index (χ0n) is 13.5. The number of benzene rings is 3. The van der Waals surface area contributed by atoms with Crippen molar-refractivity contribution in [2.45, 2.75) is 0 Å². The van der Waals surface area contributed by atoms with Crippen molar-refractivity contribution >= 4 is 32.4 Å². The highest BCUT2D eigenvalue weighted by atomic mass is 16.7. The molecule has 0 radical (unpaired) electrons. The number of methoxy groups -OCH3 is 1. The number of rotatable bonds is 1. The van der Waals surface area contributed by atoms with Gasteiger partial charge in [0.25, 0.3) is 0 Å². The van der Waals surface area contributed by atoms with Crippen molar-refractivity contribution < 1.29 is 18.8 Å². The Labute approximate surface area is 138 Å². The summed E-state index contributed by atoms with van der Waals surface area (Å²) in [6.07, 6.45) is 2.14. The first-order chi connectivity index (χ1) is 11.7. The van der Waals surface area contributed by atoms with E-state index in [9.17, 15) is 0 Å². The van der Waals surface area contributed by atoms with Gasteiger partial charge in [-0.1, -0.05) is 6.07 Å². The van der Waals surface area contributed by atoms with E-state index in [0.717, 1.165) is 28.0 Å². The zero-order valence-corrected chi connectivity index (χ0v) is 13.5. The van der Waals surface area contributed by atoms with Crippen LogP contribution in [0.25, 0.3) is 32.4 Å². The van der Waals surface area contributed by atoms with Gasteiger partial charge in [0.05, 0.1) is 23.3 Å². The molecule has 4 heteroatoms. The van der Waals surface area contributed by atoms with E-state index in [0.29, 0.717) is 6.79 Å². The Hall–Kier alpha value is -3.01. The third kappa shape index (κ3) is 1.77. The largest absolute Gasteiger partial charge is 0.497 e. The topological polar surface area (TPSA) is 31.6 Å². The molecule has 5 rings (SSSR count). The van der Waals surface area contributed by atoms with Gasteiger partial charge in [0.2, 0.25) is 12.3 Å². The number of fused-ring (bicyclic) bond motifs is 6. The molecule has 24 heavy (non-hydrogen) atoms. The molecule has 118 valence electrons. The fourth-order valence-electron chi connectivity index (χ4n) is 3.59. The first-order valence-corrected chi connectivity index (χ1v) is 7.87. The Balaban J connectivity index is 1.93. The summed E-state index contributed by atoms with van der Waals surface area (Å²) in [6.45, 7) is 0.290. The molecule has 0 aliphatic carbocycles. The Kier molecular flexibility index (Phi) is 2.65. The van der Waals surface area contributed by atoms with Crippen LogP contribution in [-0.2, 0) is 7.05 Å². The van der Waals surface area contributed by atoms with Gasteiger partial charge >= 0.3 is 0 Å². The van der Waals surface area contributed by atoms with Gasteiger partial charge in [-0.2, -0.15) is 4.57 Å². The average Bonchev–Trinajstić information content (AvgIpc) is 3.06. The normalized spacial score (nSPS) is 13.1. The summed E-state index contributed by atoms with van der Waals surface area (Å²) in [5, 5.41) is 5.88. The molecule has 0 unspecified atom stereocenters. The zero-order chi connectivity index (χ0) is 16.3. The predicted octanol–water partition coefficient (Wildman–Crippen LogP) is 3.71. The van der Waals surface area contributed by atoms with Crippen molar-refractivity contribution in [3.63, 3.8) is 0 Å². The van der Waals surface area contributed by atoms with E-state index in [1.807, 2.05) is 6.07 Å². The van der Waals surface area contributed by atoms with Gasteiger partial charge in [-0.15, -0.1) is 0 Å². The van der Waals surface area contributed by atoms with Crippen LogP contribution in [0.3, 0.4) is 0 Å². The van der Waals surface area contributed by atoms with E-state index in [1.54, 1.807) is 7.11 Å². The molecule has 1 aliphatic heterocycles. The number of aromatic nitrogens is 1. The first kappa shape index (κ1) is 13.4. The smallest absolute Gasteiger partial charge is 0.231 e. The number of hydrogen-bond acceptors (Lipinski definition) is 3. The van der Waals surface area contributed by atoms with Crippen molar-refractivity contribution in [1.82, 2.24) is 0 Å². The van der Waals surface area contributed by atoms with Crippen LogP contribution in [0.4, 0.5) is 0 Å². The van der Waals surface area contributed by atoms with Crippen molar-refractivity contribution in [3.8, 4) is 17.2 Å². The SMILES string of the molecule is COc1ccc2c(ccc3c4cc5c(cc4c[n+](C)c23)OCO5)c1. The fraction of sp³-hybridized carbons (Fsp3) is 0.150. The third-order valence-corrected chi connectivity index (χ3v) is 4.72. The summed E-state index contributed by atoms with van der Waals surface area (Å²) in [5.41, 5.74) is 1.20. The Morgan fingerprint density at radius 3 is 2.50 bits per heavy atom. The lowest BCUT2D eigenvalue weighted by Crippen LogP contribution is -2.28. The standard InChI is InChI=1S/C20H16NO3/c1-21-10-13-8-18-19(24-11-23-18)9-17(13)16-5-3-12-7-14(22-2)4-6-15(12)20(16)21/h3-10H,11H2,1-2H3/q+1. The van der Waals surface area contributed by atoms with Crippen LogP contribution in [-0.4, -0.2) is 13.9 Å². The number of pyridine rings is 1. The Morgan fingerprint density at radius 1 is 0.875 bits per heavy atom. The summed E-state index contributed by atoms with van der Waals surface area (Å²) in [4.78, 5) is 0. The molecule has 0 atom stereocenters. The number of aryl methyl sites for hydroxylation is 1. The van der Waals surface area contributed by atoms with Crippen molar-refractivity contribution in [2.75, 3.05) is 13.9 Å². The van der Waals surface area contributed by atoms with E-state index in [-0.39, 0.29) is 0 Å². The number of ether oxygens (including phenoxy) is 3. The van der Waals surface area contributed by atoms with Crippen LogP contribution in [0.2, 0.25) is 0 Å². The van der Waals surface area contributed by atoms with Crippen LogP contribution in [0.1, 0.15) is 0 Å². The maximum atomic E-state index is 5.56. The highest BCUT2D eigenvalue weighted by Gasteiger charge is 2.20. The van der Waals surface area contributed by atoms with E-state index in [2.05, 4.69) is 54.2 Å². The third-order valence-electron chi connectivity index (χ3n) is 4.72. The van der Waals surface area contributed by atoms with E-state index in [1.165, 1.54) is 21.7 Å². The second-order valence-corrected chi connectivity index (χ2v) is 6.08. The van der Waals surface area contributed by atoms with Crippen molar-refractivity contribution in [1.29, 1.82) is 0 Å². The molecule has 0 fully saturated rings. The molecule has 4 nitrogen and oxygen atoms in total. The van der Waals surface area contributed by atoms with Crippen LogP contribution in [0.15, 0.2) is 48.7 Å². The quantitative estimate of drug-likeness (QED) is 0.396. The highest BCUT2D eigenvalue weighted by molar-refractivity contribution is 6.14. The van der Waals surface area contributed by atoms with Gasteiger partial charge in [0, 0.05) is 5.39 Å². The summed E-state index contributed by atoms with van der Waals surface area (Å²) < 4.78 is 18.6. The van der Waals surface area contributed by atoms with E-state index < -0.39 is 0 Å². The minimum Gasteiger partial charge on any atom is -0.497 e. The lowest BCUT2D eigenvalue weighted by atomic mass is 10.0. The van der Waals surface area contributed by atoms with Gasteiger partial charge in [-0.25, -0.2) is 0 Å². The van der Waals surface area contributed by atoms with Gasteiger partial charge < -0.3 is 14.2 Å². The van der Waals surface area contributed by atoms with Crippen molar-refractivity contribution in [3.05, 3.63) is 48.7 Å². The summed E-state index contributed by atoms with van der Waals surface area (Å²) in [6, 6.07) is 14.6. The molecule has 4 aromatic rings. The first-order valence-electron chi connectivity index (χ1n) is 7.87. The number of hydrogen-bond donors (Lipinski definition) is 0.